The van der Waals surface area contributed by atoms with E-state index in [1.54, 1.807) is 0 Å². The van der Waals surface area contributed by atoms with Gasteiger partial charge in [0.25, 0.3) is 0 Å². The van der Waals surface area contributed by atoms with Crippen molar-refractivity contribution >= 4 is 0 Å². The Balaban J connectivity index is 3.76. The lowest BCUT2D eigenvalue weighted by Crippen LogP contribution is -2.24. The third-order valence-electron chi connectivity index (χ3n) is 1.78. The molecule has 1 unspecified atom stereocenters. The fourth-order valence-electron chi connectivity index (χ4n) is 0.859. The van der Waals surface area contributed by atoms with Gasteiger partial charge in [-0.2, -0.15) is 0 Å². The number of hydrogen-bond donors (Lipinski definition) is 1. The first-order valence-corrected chi connectivity index (χ1v) is 3.52. The van der Waals surface area contributed by atoms with Gasteiger partial charge in [-0.15, -0.1) is 6.58 Å². The van der Waals surface area contributed by atoms with E-state index >= 15 is 0 Å². The van der Waals surface area contributed by atoms with E-state index in [-0.39, 0.29) is 5.41 Å². The molecule has 9 heavy (non-hydrogen) atoms. The zero-order valence-corrected chi connectivity index (χ0v) is 6.48. The van der Waals surface area contributed by atoms with E-state index in [9.17, 15) is 0 Å². The van der Waals surface area contributed by atoms with Gasteiger partial charge in [-0.1, -0.05) is 26.3 Å². The first-order chi connectivity index (χ1) is 4.18. The van der Waals surface area contributed by atoms with Crippen molar-refractivity contribution in [2.24, 2.45) is 11.1 Å². The second-order valence-electron chi connectivity index (χ2n) is 2.81. The lowest BCUT2D eigenvalue weighted by atomic mass is 9.86. The zero-order chi connectivity index (χ0) is 7.33. The van der Waals surface area contributed by atoms with E-state index in [2.05, 4.69) is 20.4 Å². The highest BCUT2D eigenvalue weighted by Gasteiger charge is 2.15. The first kappa shape index (κ1) is 8.70. The van der Waals surface area contributed by atoms with E-state index in [1.807, 2.05) is 6.08 Å². The van der Waals surface area contributed by atoms with Gasteiger partial charge >= 0.3 is 0 Å². The molecule has 0 aromatic heterocycles. The number of nitrogens with two attached hydrogens (primary N) is 1. The average molecular weight is 127 g/mol. The normalized spacial score (nSPS) is 16.8. The van der Waals surface area contributed by atoms with Crippen molar-refractivity contribution < 1.29 is 0 Å². The fourth-order valence-corrected chi connectivity index (χ4v) is 0.859. The largest absolute Gasteiger partial charge is 0.330 e. The van der Waals surface area contributed by atoms with Gasteiger partial charge < -0.3 is 5.73 Å². The molecule has 0 bridgehead atoms. The van der Waals surface area contributed by atoms with Crippen molar-refractivity contribution in [3.8, 4) is 0 Å². The van der Waals surface area contributed by atoms with Crippen LogP contribution in [0.25, 0.3) is 0 Å². The molecule has 0 aromatic carbocycles. The maximum Gasteiger partial charge on any atom is 0.00114 e. The van der Waals surface area contributed by atoms with Crippen molar-refractivity contribution in [1.29, 1.82) is 0 Å². The Kier molecular flexibility index (Phi) is 3.55. The van der Waals surface area contributed by atoms with Crippen molar-refractivity contribution in [2.75, 3.05) is 6.54 Å². The topological polar surface area (TPSA) is 26.0 Å². The Morgan fingerprint density at radius 1 is 1.67 bits per heavy atom. The molecular weight excluding hydrogens is 110 g/mol. The molecule has 0 radical (unpaired) electrons. The Labute approximate surface area is 57.9 Å². The van der Waals surface area contributed by atoms with Crippen molar-refractivity contribution in [3.05, 3.63) is 12.7 Å². The van der Waals surface area contributed by atoms with Gasteiger partial charge in [-0.3, -0.25) is 0 Å². The van der Waals surface area contributed by atoms with Crippen molar-refractivity contribution in [1.82, 2.24) is 0 Å². The summed E-state index contributed by atoms with van der Waals surface area (Å²) in [5, 5.41) is 0. The number of hydrogen-bond acceptors (Lipinski definition) is 1. The molecule has 54 valence electrons. The van der Waals surface area contributed by atoms with Crippen LogP contribution in [-0.4, -0.2) is 6.54 Å². The summed E-state index contributed by atoms with van der Waals surface area (Å²) in [6.45, 7) is 8.76. The minimum Gasteiger partial charge on any atom is -0.330 e. The van der Waals surface area contributed by atoms with Gasteiger partial charge in [-0.25, -0.2) is 0 Å². The van der Waals surface area contributed by atoms with E-state index in [0.29, 0.717) is 6.54 Å². The smallest absolute Gasteiger partial charge is 0.00114 e. The minimum atomic E-state index is 0.175. The highest BCUT2D eigenvalue weighted by molar-refractivity contribution is 4.91. The Hall–Kier alpha value is -0.300. The zero-order valence-electron chi connectivity index (χ0n) is 6.48. The predicted molar refractivity (Wildman–Crippen MR) is 42.3 cm³/mol. The van der Waals surface area contributed by atoms with Gasteiger partial charge in [0, 0.05) is 6.54 Å². The van der Waals surface area contributed by atoms with E-state index in [1.165, 1.54) is 6.42 Å². The summed E-state index contributed by atoms with van der Waals surface area (Å²) in [4.78, 5) is 0. The van der Waals surface area contributed by atoms with Crippen LogP contribution in [0.3, 0.4) is 0 Å². The summed E-state index contributed by atoms with van der Waals surface area (Å²) in [7, 11) is 0. The van der Waals surface area contributed by atoms with Crippen LogP contribution in [0.15, 0.2) is 12.7 Å². The number of rotatable bonds is 4. The lowest BCUT2D eigenvalue weighted by molar-refractivity contribution is 0.400. The molecule has 0 aliphatic carbocycles. The van der Waals surface area contributed by atoms with Crippen LogP contribution in [0.1, 0.15) is 26.7 Å². The maximum absolute atomic E-state index is 5.53. The monoisotopic (exact) mass is 127 g/mol. The van der Waals surface area contributed by atoms with Gasteiger partial charge in [0.15, 0.2) is 0 Å². The summed E-state index contributed by atoms with van der Waals surface area (Å²) < 4.78 is 0. The summed E-state index contributed by atoms with van der Waals surface area (Å²) >= 11 is 0. The molecule has 0 amide bonds. The molecule has 1 atom stereocenters. The van der Waals surface area contributed by atoms with E-state index in [4.69, 9.17) is 5.73 Å². The third kappa shape index (κ3) is 2.66. The molecule has 0 fully saturated rings. The summed E-state index contributed by atoms with van der Waals surface area (Å²) in [6.07, 6.45) is 4.28. The van der Waals surface area contributed by atoms with Gasteiger partial charge in [0.1, 0.15) is 0 Å². The van der Waals surface area contributed by atoms with Crippen LogP contribution in [0.4, 0.5) is 0 Å². The Morgan fingerprint density at radius 2 is 2.22 bits per heavy atom. The molecule has 0 rings (SSSR count). The Bertz CT molecular complexity index is 88.6. The van der Waals surface area contributed by atoms with Gasteiger partial charge in [-0.05, 0) is 11.8 Å². The first-order valence-electron chi connectivity index (χ1n) is 3.52. The molecule has 0 aromatic rings. The standard InChI is InChI=1S/C8H17N/c1-4-6-8(3,5-2)7-9/h5H,2,4,6-7,9H2,1,3H3. The lowest BCUT2D eigenvalue weighted by Gasteiger charge is -2.22. The quantitative estimate of drug-likeness (QED) is 0.574. The molecule has 1 nitrogen and oxygen atoms in total. The summed E-state index contributed by atoms with van der Waals surface area (Å²) in [5.74, 6) is 0. The second kappa shape index (κ2) is 3.67. The molecule has 0 heterocycles. The summed E-state index contributed by atoms with van der Waals surface area (Å²) in [5.41, 5.74) is 5.71. The van der Waals surface area contributed by atoms with Gasteiger partial charge in [0.2, 0.25) is 0 Å². The SMILES string of the molecule is C=CC(C)(CN)CCC. The van der Waals surface area contributed by atoms with E-state index < -0.39 is 0 Å². The molecule has 0 aliphatic rings. The van der Waals surface area contributed by atoms with Crippen LogP contribution in [0.2, 0.25) is 0 Å². The van der Waals surface area contributed by atoms with Crippen molar-refractivity contribution in [3.63, 3.8) is 0 Å². The molecular formula is C8H17N. The minimum absolute atomic E-state index is 0.175. The van der Waals surface area contributed by atoms with Crippen LogP contribution in [-0.2, 0) is 0 Å². The Morgan fingerprint density at radius 3 is 2.33 bits per heavy atom. The molecule has 0 aliphatic heterocycles. The van der Waals surface area contributed by atoms with Gasteiger partial charge in [0.05, 0.1) is 0 Å². The second-order valence-corrected chi connectivity index (χ2v) is 2.81. The molecule has 0 spiro atoms. The third-order valence-corrected chi connectivity index (χ3v) is 1.78. The molecule has 0 saturated heterocycles. The van der Waals surface area contributed by atoms with Crippen LogP contribution < -0.4 is 5.73 Å². The fraction of sp³-hybridized carbons (Fsp3) is 0.750. The summed E-state index contributed by atoms with van der Waals surface area (Å²) in [6, 6.07) is 0. The van der Waals surface area contributed by atoms with Crippen LogP contribution >= 0.6 is 0 Å². The van der Waals surface area contributed by atoms with Crippen LogP contribution in [0, 0.1) is 5.41 Å². The molecule has 0 saturated carbocycles. The molecule has 2 N–H and O–H groups in total. The molecule has 1 heteroatoms. The van der Waals surface area contributed by atoms with Crippen molar-refractivity contribution in [2.45, 2.75) is 26.7 Å². The van der Waals surface area contributed by atoms with Crippen LogP contribution in [0.5, 0.6) is 0 Å². The average Bonchev–Trinajstić information content (AvgIpc) is 1.89. The predicted octanol–water partition coefficient (Wildman–Crippen LogP) is 1.94. The highest BCUT2D eigenvalue weighted by atomic mass is 14.6. The highest BCUT2D eigenvalue weighted by Crippen LogP contribution is 2.21. The maximum atomic E-state index is 5.53. The van der Waals surface area contributed by atoms with E-state index in [0.717, 1.165) is 6.42 Å².